The van der Waals surface area contributed by atoms with Gasteiger partial charge >= 0.3 is 5.97 Å². The van der Waals surface area contributed by atoms with Gasteiger partial charge in [-0.2, -0.15) is 19.0 Å². The summed E-state index contributed by atoms with van der Waals surface area (Å²) in [4.78, 5) is 65.4. The Morgan fingerprint density at radius 3 is 1.48 bits per heavy atom. The number of carbonyl (C=O) groups is 2. The summed E-state index contributed by atoms with van der Waals surface area (Å²) in [5.74, 6) is 0.497. The standard InChI is InChI=1S/C20H15ClN4O3.C19H13ClN4O4/c1-12(26)18-15(21)8-5-9-16(18)28-11-14-10-17(27)25-20(22-14)23-19(24-25)13-6-3-2-4-7-13;20-13-7-4-8-14(16(13)18(26)27)28-10-12-9-15(25)24-19(21-12)22-17(23-24)11-5-2-1-3-6-11/h2-10H,11H2,1H3,(H,22,23,24);1-9H,10H2,(H,26,27)(H,21,22,23). The van der Waals surface area contributed by atoms with Gasteiger partial charge in [0, 0.05) is 23.3 Å². The lowest BCUT2D eigenvalue weighted by molar-refractivity contribution is 0.0691. The Bertz CT molecular complexity index is 2660. The third-order valence-electron chi connectivity index (χ3n) is 8.13. The van der Waals surface area contributed by atoms with Crippen molar-refractivity contribution in [3.63, 3.8) is 0 Å². The highest BCUT2D eigenvalue weighted by Crippen LogP contribution is 2.28. The second kappa shape index (κ2) is 16.1. The van der Waals surface area contributed by atoms with E-state index < -0.39 is 5.97 Å². The molecule has 3 N–H and O–H groups in total. The lowest BCUT2D eigenvalue weighted by Gasteiger charge is -2.10. The monoisotopic (exact) mass is 790 g/mol. The van der Waals surface area contributed by atoms with Crippen molar-refractivity contribution >= 4 is 46.5 Å². The van der Waals surface area contributed by atoms with Crippen LogP contribution < -0.4 is 20.6 Å². The molecule has 4 aromatic heterocycles. The number of nitrogens with one attached hydrogen (secondary N) is 2. The predicted molar refractivity (Wildman–Crippen MR) is 207 cm³/mol. The van der Waals surface area contributed by atoms with Crippen molar-refractivity contribution in [2.75, 3.05) is 0 Å². The van der Waals surface area contributed by atoms with Gasteiger partial charge in [0.05, 0.1) is 27.0 Å². The Morgan fingerprint density at radius 2 is 1.05 bits per heavy atom. The summed E-state index contributed by atoms with van der Waals surface area (Å²) in [6.07, 6.45) is 0. The van der Waals surface area contributed by atoms with Gasteiger partial charge in [-0.3, -0.25) is 24.6 Å². The molecule has 4 aromatic carbocycles. The molecule has 280 valence electrons. The van der Waals surface area contributed by atoms with Gasteiger partial charge in [-0.25, -0.2) is 14.8 Å². The maximum absolute atomic E-state index is 12.4. The van der Waals surface area contributed by atoms with E-state index in [0.29, 0.717) is 39.4 Å². The number of Topliss-reactive ketones (excluding diaryl/α,β-unsaturated/α-hetero) is 1. The minimum absolute atomic E-state index is 0.000107. The Kier molecular flexibility index (Phi) is 10.7. The SMILES string of the molecule is CC(=O)c1c(Cl)cccc1OCc1cc(=O)n2[nH]c(-c3ccccc3)nc2n1.O=C(O)c1c(Cl)cccc1OCc1cc(=O)n2[nH]c(-c3ccccc3)nc2n1. The first kappa shape index (κ1) is 37.2. The molecule has 15 nitrogen and oxygen atoms in total. The van der Waals surface area contributed by atoms with Crippen molar-refractivity contribution in [3.8, 4) is 34.3 Å². The average molecular weight is 792 g/mol. The summed E-state index contributed by atoms with van der Waals surface area (Å²) in [6, 6.07) is 30.9. The molecule has 0 fully saturated rings. The first-order chi connectivity index (χ1) is 27.0. The minimum atomic E-state index is -1.20. The number of aromatic amines is 2. The van der Waals surface area contributed by atoms with Gasteiger partial charge in [0.1, 0.15) is 30.3 Å². The third kappa shape index (κ3) is 8.03. The molecule has 0 amide bonds. The fourth-order valence-corrected chi connectivity index (χ4v) is 6.10. The largest absolute Gasteiger partial charge is 0.486 e. The van der Waals surface area contributed by atoms with E-state index in [1.807, 2.05) is 60.7 Å². The Hall–Kier alpha value is -7.10. The van der Waals surface area contributed by atoms with Gasteiger partial charge < -0.3 is 14.6 Å². The van der Waals surface area contributed by atoms with Crippen LogP contribution in [0.4, 0.5) is 0 Å². The summed E-state index contributed by atoms with van der Waals surface area (Å²) in [5.41, 5.74) is 1.85. The molecule has 0 aliphatic rings. The van der Waals surface area contributed by atoms with Gasteiger partial charge in [0.15, 0.2) is 17.4 Å². The van der Waals surface area contributed by atoms with E-state index in [4.69, 9.17) is 32.7 Å². The maximum Gasteiger partial charge on any atom is 0.341 e. The van der Waals surface area contributed by atoms with Crippen LogP contribution in [0, 0.1) is 0 Å². The normalized spacial score (nSPS) is 10.9. The fourth-order valence-electron chi connectivity index (χ4n) is 5.55. The molecule has 4 heterocycles. The number of ether oxygens (including phenoxy) is 2. The van der Waals surface area contributed by atoms with Crippen LogP contribution in [0.15, 0.2) is 119 Å². The number of hydrogen-bond donors (Lipinski definition) is 3. The summed E-state index contributed by atoms with van der Waals surface area (Å²) in [6.45, 7) is 1.30. The number of nitrogens with zero attached hydrogens (tertiary/aromatic N) is 6. The number of rotatable bonds is 10. The molecule has 56 heavy (non-hydrogen) atoms. The number of aromatic carboxylic acids is 1. The van der Waals surface area contributed by atoms with Gasteiger partial charge in [-0.05, 0) is 31.2 Å². The summed E-state index contributed by atoms with van der Waals surface area (Å²) >= 11 is 12.0. The molecule has 0 bridgehead atoms. The number of H-pyrrole nitrogens is 2. The molecular weight excluding hydrogens is 763 g/mol. The quantitative estimate of drug-likeness (QED) is 0.127. The zero-order chi connectivity index (χ0) is 39.3. The van der Waals surface area contributed by atoms with Crippen LogP contribution in [-0.2, 0) is 13.2 Å². The van der Waals surface area contributed by atoms with Crippen LogP contribution in [0.3, 0.4) is 0 Å². The number of carboxylic acids is 1. The highest BCUT2D eigenvalue weighted by atomic mass is 35.5. The zero-order valence-corrected chi connectivity index (χ0v) is 30.7. The fraction of sp³-hybridized carbons (Fsp3) is 0.0769. The molecule has 0 saturated carbocycles. The first-order valence-corrected chi connectivity index (χ1v) is 17.5. The first-order valence-electron chi connectivity index (χ1n) is 16.7. The Morgan fingerprint density at radius 1 is 0.625 bits per heavy atom. The molecule has 0 aliphatic heterocycles. The van der Waals surface area contributed by atoms with E-state index in [0.717, 1.165) is 11.1 Å². The van der Waals surface area contributed by atoms with Crippen LogP contribution >= 0.6 is 23.2 Å². The van der Waals surface area contributed by atoms with Crippen molar-refractivity contribution in [1.82, 2.24) is 39.2 Å². The Balaban J connectivity index is 0.000000172. The van der Waals surface area contributed by atoms with E-state index in [1.165, 1.54) is 40.2 Å². The number of fused-ring (bicyclic) bond motifs is 2. The average Bonchev–Trinajstić information content (AvgIpc) is 3.83. The van der Waals surface area contributed by atoms with Crippen LogP contribution in [0.2, 0.25) is 10.0 Å². The lowest BCUT2D eigenvalue weighted by atomic mass is 10.1. The van der Waals surface area contributed by atoms with Crippen molar-refractivity contribution in [1.29, 1.82) is 0 Å². The second-order valence-corrected chi connectivity index (χ2v) is 12.8. The molecule has 0 saturated heterocycles. The number of ketones is 1. The highest BCUT2D eigenvalue weighted by molar-refractivity contribution is 6.34. The van der Waals surface area contributed by atoms with Gasteiger partial charge in [-0.15, -0.1) is 0 Å². The summed E-state index contributed by atoms with van der Waals surface area (Å²) in [7, 11) is 0. The number of carboxylic acid groups (broad SMARTS) is 1. The molecule has 8 aromatic rings. The number of hydrogen-bond acceptors (Lipinski definition) is 10. The molecule has 0 spiro atoms. The van der Waals surface area contributed by atoms with Crippen molar-refractivity contribution in [2.45, 2.75) is 20.1 Å². The minimum Gasteiger partial charge on any atom is -0.486 e. The number of carbonyl (C=O) groups excluding carboxylic acids is 1. The van der Waals surface area contributed by atoms with Crippen LogP contribution in [-0.4, -0.2) is 56.0 Å². The van der Waals surface area contributed by atoms with Crippen LogP contribution in [0.25, 0.3) is 34.3 Å². The van der Waals surface area contributed by atoms with E-state index in [9.17, 15) is 24.3 Å². The molecule has 17 heteroatoms. The van der Waals surface area contributed by atoms with Crippen molar-refractivity contribution < 1.29 is 24.2 Å². The van der Waals surface area contributed by atoms with E-state index in [-0.39, 0.29) is 58.0 Å². The number of benzene rings is 4. The van der Waals surface area contributed by atoms with E-state index >= 15 is 0 Å². The molecule has 0 unspecified atom stereocenters. The van der Waals surface area contributed by atoms with Gasteiger partial charge in [0.25, 0.3) is 22.7 Å². The third-order valence-corrected chi connectivity index (χ3v) is 8.76. The highest BCUT2D eigenvalue weighted by Gasteiger charge is 2.17. The molecule has 0 aliphatic carbocycles. The lowest BCUT2D eigenvalue weighted by Crippen LogP contribution is -2.17. The van der Waals surface area contributed by atoms with Crippen molar-refractivity contribution in [2.24, 2.45) is 0 Å². The van der Waals surface area contributed by atoms with Gasteiger partial charge in [0.2, 0.25) is 0 Å². The zero-order valence-electron chi connectivity index (χ0n) is 29.1. The predicted octanol–water partition coefficient (Wildman–Crippen LogP) is 6.53. The summed E-state index contributed by atoms with van der Waals surface area (Å²) < 4.78 is 13.8. The molecule has 0 radical (unpaired) electrons. The molecule has 0 atom stereocenters. The van der Waals surface area contributed by atoms with Crippen LogP contribution in [0.1, 0.15) is 39.0 Å². The Labute approximate surface area is 325 Å². The smallest absolute Gasteiger partial charge is 0.341 e. The van der Waals surface area contributed by atoms with Crippen molar-refractivity contribution in [3.05, 3.63) is 162 Å². The number of aromatic nitrogens is 8. The maximum atomic E-state index is 12.4. The van der Waals surface area contributed by atoms with Gasteiger partial charge in [-0.1, -0.05) is 96.0 Å². The molecular formula is C39H28Cl2N8O7. The van der Waals surface area contributed by atoms with E-state index in [1.54, 1.807) is 24.3 Å². The molecule has 8 rings (SSSR count). The van der Waals surface area contributed by atoms with E-state index in [2.05, 4.69) is 30.1 Å². The topological polar surface area (TPSA) is 199 Å². The number of halogens is 2. The van der Waals surface area contributed by atoms with Crippen LogP contribution in [0.5, 0.6) is 11.5 Å². The summed E-state index contributed by atoms with van der Waals surface area (Å²) in [5, 5.41) is 15.5. The second-order valence-electron chi connectivity index (χ2n) is 12.0.